The fraction of sp³-hybridized carbons (Fsp3) is 0.167. The van der Waals surface area contributed by atoms with Crippen LogP contribution in [0.3, 0.4) is 0 Å². The summed E-state index contributed by atoms with van der Waals surface area (Å²) >= 11 is 0. The van der Waals surface area contributed by atoms with Gasteiger partial charge < -0.3 is 14.8 Å². The minimum absolute atomic E-state index is 0.00919. The Labute approximate surface area is 192 Å². The number of carbonyl (C=O) groups is 2. The van der Waals surface area contributed by atoms with E-state index in [1.807, 2.05) is 6.92 Å². The van der Waals surface area contributed by atoms with E-state index in [4.69, 9.17) is 4.74 Å². The SMILES string of the molecule is CCOc1ccc(NS(=O)(=O)c2cc(C(=O)Nc3ccc(C(=O)OC)cc3)ccc2C)cc1. The van der Waals surface area contributed by atoms with Crippen LogP contribution in [-0.4, -0.2) is 34.0 Å². The van der Waals surface area contributed by atoms with E-state index < -0.39 is 21.9 Å². The molecule has 0 aromatic heterocycles. The molecule has 33 heavy (non-hydrogen) atoms. The van der Waals surface area contributed by atoms with Crippen LogP contribution in [0, 0.1) is 6.92 Å². The molecule has 0 bridgehead atoms. The predicted molar refractivity (Wildman–Crippen MR) is 125 cm³/mol. The van der Waals surface area contributed by atoms with Crippen molar-refractivity contribution in [3.63, 3.8) is 0 Å². The maximum atomic E-state index is 13.0. The minimum Gasteiger partial charge on any atom is -0.494 e. The summed E-state index contributed by atoms with van der Waals surface area (Å²) < 4.78 is 38.5. The second-order valence-corrected chi connectivity index (χ2v) is 8.72. The van der Waals surface area contributed by atoms with Crippen molar-refractivity contribution in [3.8, 4) is 5.75 Å². The number of benzene rings is 3. The van der Waals surface area contributed by atoms with Crippen LogP contribution in [0.15, 0.2) is 71.6 Å². The third-order valence-electron chi connectivity index (χ3n) is 4.72. The second kappa shape index (κ2) is 10.2. The quantitative estimate of drug-likeness (QED) is 0.479. The number of ether oxygens (including phenoxy) is 2. The number of anilines is 2. The van der Waals surface area contributed by atoms with Gasteiger partial charge in [-0.1, -0.05) is 6.07 Å². The average Bonchev–Trinajstić information content (AvgIpc) is 2.80. The van der Waals surface area contributed by atoms with Crippen LogP contribution in [0.2, 0.25) is 0 Å². The zero-order valence-corrected chi connectivity index (χ0v) is 19.2. The van der Waals surface area contributed by atoms with Gasteiger partial charge in [-0.05, 0) is 80.1 Å². The normalized spacial score (nSPS) is 10.9. The Balaban J connectivity index is 1.78. The maximum Gasteiger partial charge on any atom is 0.337 e. The lowest BCUT2D eigenvalue weighted by molar-refractivity contribution is 0.0600. The molecular formula is C24H24N2O6S. The summed E-state index contributed by atoms with van der Waals surface area (Å²) in [7, 11) is -2.65. The van der Waals surface area contributed by atoms with E-state index >= 15 is 0 Å². The summed E-state index contributed by atoms with van der Waals surface area (Å²) in [4.78, 5) is 24.2. The third kappa shape index (κ3) is 5.89. The van der Waals surface area contributed by atoms with Crippen LogP contribution in [0.4, 0.5) is 11.4 Å². The van der Waals surface area contributed by atoms with Crippen LogP contribution >= 0.6 is 0 Å². The standard InChI is InChI=1S/C24H24N2O6S/c1-4-32-21-13-11-20(12-14-21)26-33(29,30)22-15-18(6-5-16(22)2)23(27)25-19-9-7-17(8-10-19)24(28)31-3/h5-15,26H,4H2,1-3H3,(H,25,27). The topological polar surface area (TPSA) is 111 Å². The zero-order valence-electron chi connectivity index (χ0n) is 18.4. The van der Waals surface area contributed by atoms with Crippen molar-refractivity contribution in [2.45, 2.75) is 18.7 Å². The first kappa shape index (κ1) is 23.8. The largest absolute Gasteiger partial charge is 0.494 e. The highest BCUT2D eigenvalue weighted by atomic mass is 32.2. The molecule has 0 saturated heterocycles. The van der Waals surface area contributed by atoms with Crippen LogP contribution in [0.25, 0.3) is 0 Å². The molecule has 0 aliphatic rings. The zero-order chi connectivity index (χ0) is 24.0. The second-order valence-electron chi connectivity index (χ2n) is 7.07. The van der Waals surface area contributed by atoms with Gasteiger partial charge in [0.15, 0.2) is 0 Å². The Morgan fingerprint density at radius 3 is 2.09 bits per heavy atom. The molecule has 9 heteroatoms. The third-order valence-corrected chi connectivity index (χ3v) is 6.24. The maximum absolute atomic E-state index is 13.0. The summed E-state index contributed by atoms with van der Waals surface area (Å²) in [5, 5.41) is 2.69. The lowest BCUT2D eigenvalue weighted by Gasteiger charge is -2.13. The first-order chi connectivity index (χ1) is 15.7. The molecule has 8 nitrogen and oxygen atoms in total. The molecule has 3 aromatic rings. The average molecular weight is 469 g/mol. The highest BCUT2D eigenvalue weighted by Crippen LogP contribution is 2.23. The van der Waals surface area contributed by atoms with Crippen molar-refractivity contribution >= 4 is 33.3 Å². The summed E-state index contributed by atoms with van der Waals surface area (Å²) in [6, 6.07) is 17.1. The van der Waals surface area contributed by atoms with Gasteiger partial charge in [0.05, 0.1) is 24.2 Å². The first-order valence-electron chi connectivity index (χ1n) is 10.1. The molecule has 0 saturated carbocycles. The van der Waals surface area contributed by atoms with Gasteiger partial charge in [0.25, 0.3) is 15.9 Å². The highest BCUT2D eigenvalue weighted by molar-refractivity contribution is 7.92. The van der Waals surface area contributed by atoms with Crippen molar-refractivity contribution in [1.29, 1.82) is 0 Å². The number of carbonyl (C=O) groups excluding carboxylic acids is 2. The molecule has 0 aliphatic carbocycles. The molecule has 0 fully saturated rings. The number of methoxy groups -OCH3 is 1. The monoisotopic (exact) mass is 468 g/mol. The molecular weight excluding hydrogens is 444 g/mol. The molecule has 0 unspecified atom stereocenters. The Hall–Kier alpha value is -3.85. The number of aryl methyl sites for hydroxylation is 1. The van der Waals surface area contributed by atoms with E-state index in [-0.39, 0.29) is 10.5 Å². The van der Waals surface area contributed by atoms with Crippen LogP contribution < -0.4 is 14.8 Å². The van der Waals surface area contributed by atoms with Gasteiger partial charge in [-0.2, -0.15) is 0 Å². The molecule has 3 rings (SSSR count). The fourth-order valence-corrected chi connectivity index (χ4v) is 4.37. The summed E-state index contributed by atoms with van der Waals surface area (Å²) in [6.45, 7) is 4.02. The van der Waals surface area contributed by atoms with Gasteiger partial charge in [-0.25, -0.2) is 13.2 Å². The van der Waals surface area contributed by atoms with E-state index in [1.54, 1.807) is 55.5 Å². The number of hydrogen-bond acceptors (Lipinski definition) is 6. The van der Waals surface area contributed by atoms with Gasteiger partial charge in [0.1, 0.15) is 5.75 Å². The minimum atomic E-state index is -3.94. The lowest BCUT2D eigenvalue weighted by Crippen LogP contribution is -2.17. The molecule has 0 spiro atoms. The summed E-state index contributed by atoms with van der Waals surface area (Å²) in [5.74, 6) is -0.338. The number of hydrogen-bond donors (Lipinski definition) is 2. The Bertz CT molecular complexity index is 1250. The molecule has 0 atom stereocenters. The van der Waals surface area contributed by atoms with Gasteiger partial charge in [0, 0.05) is 16.9 Å². The molecule has 172 valence electrons. The van der Waals surface area contributed by atoms with Crippen molar-refractivity contribution in [2.24, 2.45) is 0 Å². The van der Waals surface area contributed by atoms with E-state index in [0.29, 0.717) is 34.9 Å². The van der Waals surface area contributed by atoms with Gasteiger partial charge in [-0.3, -0.25) is 9.52 Å². The van der Waals surface area contributed by atoms with Crippen molar-refractivity contribution in [3.05, 3.63) is 83.4 Å². The van der Waals surface area contributed by atoms with Gasteiger partial charge >= 0.3 is 5.97 Å². The van der Waals surface area contributed by atoms with Gasteiger partial charge in [0.2, 0.25) is 0 Å². The van der Waals surface area contributed by atoms with Gasteiger partial charge in [-0.15, -0.1) is 0 Å². The molecule has 1 amide bonds. The van der Waals surface area contributed by atoms with E-state index in [9.17, 15) is 18.0 Å². The smallest absolute Gasteiger partial charge is 0.337 e. The van der Waals surface area contributed by atoms with Crippen molar-refractivity contribution in [1.82, 2.24) is 0 Å². The van der Waals surface area contributed by atoms with Crippen LogP contribution in [0.5, 0.6) is 5.75 Å². The highest BCUT2D eigenvalue weighted by Gasteiger charge is 2.20. The van der Waals surface area contributed by atoms with Crippen LogP contribution in [-0.2, 0) is 14.8 Å². The van der Waals surface area contributed by atoms with E-state index in [0.717, 1.165) is 0 Å². The summed E-state index contributed by atoms with van der Waals surface area (Å²) in [5.41, 5.74) is 1.83. The number of esters is 1. The molecule has 0 radical (unpaired) electrons. The van der Waals surface area contributed by atoms with Crippen molar-refractivity contribution in [2.75, 3.05) is 23.8 Å². The molecule has 0 heterocycles. The molecule has 0 aliphatic heterocycles. The molecule has 2 N–H and O–H groups in total. The summed E-state index contributed by atoms with van der Waals surface area (Å²) in [6.07, 6.45) is 0. The number of nitrogens with one attached hydrogen (secondary N) is 2. The van der Waals surface area contributed by atoms with E-state index in [1.165, 1.54) is 25.3 Å². The number of rotatable bonds is 8. The van der Waals surface area contributed by atoms with E-state index in [2.05, 4.69) is 14.8 Å². The predicted octanol–water partition coefficient (Wildman–Crippen LogP) is 4.23. The Kier molecular flexibility index (Phi) is 7.34. The fourth-order valence-electron chi connectivity index (χ4n) is 3.04. The molecule has 3 aromatic carbocycles. The number of sulfonamides is 1. The van der Waals surface area contributed by atoms with Crippen molar-refractivity contribution < 1.29 is 27.5 Å². The number of amides is 1. The van der Waals surface area contributed by atoms with Crippen LogP contribution in [0.1, 0.15) is 33.2 Å². The Morgan fingerprint density at radius 2 is 1.48 bits per heavy atom. The Morgan fingerprint density at radius 1 is 0.879 bits per heavy atom. The lowest BCUT2D eigenvalue weighted by atomic mass is 10.1. The first-order valence-corrected chi connectivity index (χ1v) is 11.6.